The molecule has 0 fully saturated rings. The van der Waals surface area contributed by atoms with E-state index < -0.39 is 30.4 Å². The molecule has 5 nitrogen and oxygen atoms in total. The van der Waals surface area contributed by atoms with Gasteiger partial charge in [0.1, 0.15) is 5.82 Å². The first-order valence-electron chi connectivity index (χ1n) is 8.20. The SMILES string of the molecule is O=c1nc(NCCOC(F)(F)F)c2ccc(C(F)(F)F)cc2n1-c1ccccc1. The van der Waals surface area contributed by atoms with E-state index in [0.29, 0.717) is 5.69 Å². The van der Waals surface area contributed by atoms with Gasteiger partial charge in [-0.25, -0.2) is 4.79 Å². The molecule has 2 aromatic carbocycles. The van der Waals surface area contributed by atoms with Gasteiger partial charge in [0, 0.05) is 11.9 Å². The van der Waals surface area contributed by atoms with Gasteiger partial charge in [0.2, 0.25) is 0 Å². The smallest absolute Gasteiger partial charge is 0.367 e. The standard InChI is InChI=1S/C18H13F6N3O2/c19-17(20,21)11-6-7-13-14(10-11)27(12-4-2-1-3-5-12)16(28)26-15(13)25-8-9-29-18(22,23)24/h1-7,10H,8-9H2,(H,25,26,28). The summed E-state index contributed by atoms with van der Waals surface area (Å²) in [7, 11) is 0. The van der Waals surface area contributed by atoms with Crippen LogP contribution in [0.3, 0.4) is 0 Å². The Hall–Kier alpha value is -3.08. The Morgan fingerprint density at radius 3 is 2.31 bits per heavy atom. The second kappa shape index (κ2) is 7.74. The van der Waals surface area contributed by atoms with Gasteiger partial charge in [0.15, 0.2) is 0 Å². The molecule has 11 heteroatoms. The van der Waals surface area contributed by atoms with Crippen LogP contribution in [0.1, 0.15) is 5.56 Å². The van der Waals surface area contributed by atoms with Crippen LogP contribution >= 0.6 is 0 Å². The molecule has 154 valence electrons. The molecule has 0 saturated carbocycles. The number of para-hydroxylation sites is 1. The number of fused-ring (bicyclic) bond motifs is 1. The second-order valence-corrected chi connectivity index (χ2v) is 5.86. The zero-order valence-electron chi connectivity index (χ0n) is 14.5. The number of nitrogens with zero attached hydrogens (tertiary/aromatic N) is 2. The molecule has 1 N–H and O–H groups in total. The Bertz CT molecular complexity index is 1060. The summed E-state index contributed by atoms with van der Waals surface area (Å²) < 4.78 is 80.3. The lowest BCUT2D eigenvalue weighted by atomic mass is 10.1. The first-order chi connectivity index (χ1) is 13.6. The van der Waals surface area contributed by atoms with Crippen molar-refractivity contribution in [1.82, 2.24) is 9.55 Å². The topological polar surface area (TPSA) is 56.1 Å². The van der Waals surface area contributed by atoms with Crippen LogP contribution in [-0.2, 0) is 10.9 Å². The Labute approximate surface area is 159 Å². The zero-order chi connectivity index (χ0) is 21.2. The summed E-state index contributed by atoms with van der Waals surface area (Å²) in [5, 5.41) is 2.64. The van der Waals surface area contributed by atoms with Gasteiger partial charge in [-0.15, -0.1) is 13.2 Å². The van der Waals surface area contributed by atoms with Crippen LogP contribution in [0.2, 0.25) is 0 Å². The molecule has 0 aliphatic heterocycles. The van der Waals surface area contributed by atoms with Gasteiger partial charge >= 0.3 is 18.2 Å². The predicted octanol–water partition coefficient (Wildman–Crippen LogP) is 4.35. The van der Waals surface area contributed by atoms with Gasteiger partial charge in [-0.05, 0) is 30.3 Å². The van der Waals surface area contributed by atoms with Crippen molar-refractivity contribution in [2.75, 3.05) is 18.5 Å². The van der Waals surface area contributed by atoms with Crippen molar-refractivity contribution in [2.45, 2.75) is 12.5 Å². The molecule has 3 aromatic rings. The molecule has 0 radical (unpaired) electrons. The van der Waals surface area contributed by atoms with E-state index in [1.165, 1.54) is 12.1 Å². The van der Waals surface area contributed by atoms with Crippen molar-refractivity contribution < 1.29 is 31.1 Å². The summed E-state index contributed by atoms with van der Waals surface area (Å²) in [6.45, 7) is -1.13. The number of rotatable bonds is 5. The second-order valence-electron chi connectivity index (χ2n) is 5.86. The highest BCUT2D eigenvalue weighted by Crippen LogP contribution is 2.33. The van der Waals surface area contributed by atoms with Gasteiger partial charge in [-0.2, -0.15) is 18.2 Å². The maximum absolute atomic E-state index is 13.2. The Kier molecular flexibility index (Phi) is 5.51. The third-order valence-electron chi connectivity index (χ3n) is 3.89. The number of benzene rings is 2. The van der Waals surface area contributed by atoms with Crippen molar-refractivity contribution in [3.63, 3.8) is 0 Å². The van der Waals surface area contributed by atoms with E-state index in [1.807, 2.05) is 0 Å². The Balaban J connectivity index is 2.09. The van der Waals surface area contributed by atoms with Crippen LogP contribution in [0.25, 0.3) is 16.6 Å². The summed E-state index contributed by atoms with van der Waals surface area (Å²) in [5.41, 5.74) is -1.67. The number of hydrogen-bond donors (Lipinski definition) is 1. The minimum absolute atomic E-state index is 0.0923. The molecule has 3 rings (SSSR count). The van der Waals surface area contributed by atoms with Crippen LogP contribution < -0.4 is 11.0 Å². The van der Waals surface area contributed by atoms with E-state index in [0.717, 1.165) is 22.8 Å². The lowest BCUT2D eigenvalue weighted by Crippen LogP contribution is -2.25. The summed E-state index contributed by atoms with van der Waals surface area (Å²) in [6, 6.07) is 10.6. The summed E-state index contributed by atoms with van der Waals surface area (Å²) in [6.07, 6.45) is -9.47. The van der Waals surface area contributed by atoms with Gasteiger partial charge < -0.3 is 5.32 Å². The molecule has 0 spiro atoms. The van der Waals surface area contributed by atoms with Crippen molar-refractivity contribution in [1.29, 1.82) is 0 Å². The third-order valence-corrected chi connectivity index (χ3v) is 3.89. The maximum Gasteiger partial charge on any atom is 0.522 e. The van der Waals surface area contributed by atoms with E-state index in [2.05, 4.69) is 15.0 Å². The quantitative estimate of drug-likeness (QED) is 0.495. The minimum Gasteiger partial charge on any atom is -0.367 e. The highest BCUT2D eigenvalue weighted by Gasteiger charge is 2.31. The van der Waals surface area contributed by atoms with E-state index >= 15 is 0 Å². The average Bonchev–Trinajstić information content (AvgIpc) is 2.64. The Morgan fingerprint density at radius 2 is 1.69 bits per heavy atom. The lowest BCUT2D eigenvalue weighted by Gasteiger charge is -2.16. The first-order valence-corrected chi connectivity index (χ1v) is 8.20. The minimum atomic E-state index is -4.82. The van der Waals surface area contributed by atoms with E-state index in [4.69, 9.17) is 0 Å². The first kappa shape index (κ1) is 20.6. The number of ether oxygens (including phenoxy) is 1. The molecule has 0 bridgehead atoms. The molecular weight excluding hydrogens is 404 g/mol. The molecule has 0 unspecified atom stereocenters. The number of hydrogen-bond acceptors (Lipinski definition) is 4. The molecule has 0 saturated heterocycles. The highest BCUT2D eigenvalue weighted by molar-refractivity contribution is 5.90. The number of anilines is 1. The molecule has 0 aliphatic rings. The predicted molar refractivity (Wildman–Crippen MR) is 92.8 cm³/mol. The Morgan fingerprint density at radius 1 is 1.00 bits per heavy atom. The van der Waals surface area contributed by atoms with Crippen LogP contribution in [-0.4, -0.2) is 29.1 Å². The summed E-state index contributed by atoms with van der Waals surface area (Å²) in [4.78, 5) is 16.3. The van der Waals surface area contributed by atoms with Crippen LogP contribution in [0.4, 0.5) is 32.2 Å². The van der Waals surface area contributed by atoms with Gasteiger partial charge in [-0.1, -0.05) is 18.2 Å². The molecule has 29 heavy (non-hydrogen) atoms. The van der Waals surface area contributed by atoms with Crippen molar-refractivity contribution >= 4 is 16.7 Å². The number of nitrogens with one attached hydrogen (secondary N) is 1. The molecule has 0 amide bonds. The van der Waals surface area contributed by atoms with Crippen molar-refractivity contribution in [2.24, 2.45) is 0 Å². The molecule has 0 atom stereocenters. The molecule has 1 aromatic heterocycles. The number of aromatic nitrogens is 2. The van der Waals surface area contributed by atoms with Crippen LogP contribution in [0.5, 0.6) is 0 Å². The third kappa shape index (κ3) is 4.86. The highest BCUT2D eigenvalue weighted by atomic mass is 19.4. The maximum atomic E-state index is 13.2. The van der Waals surface area contributed by atoms with Gasteiger partial charge in [-0.3, -0.25) is 9.30 Å². The summed E-state index contributed by atoms with van der Waals surface area (Å²) >= 11 is 0. The van der Waals surface area contributed by atoms with E-state index in [-0.39, 0.29) is 23.3 Å². The van der Waals surface area contributed by atoms with Gasteiger partial charge in [0.25, 0.3) is 0 Å². The zero-order valence-corrected chi connectivity index (χ0v) is 14.5. The average molecular weight is 417 g/mol. The lowest BCUT2D eigenvalue weighted by molar-refractivity contribution is -0.322. The fourth-order valence-electron chi connectivity index (χ4n) is 2.70. The fraction of sp³-hybridized carbons (Fsp3) is 0.222. The van der Waals surface area contributed by atoms with E-state index in [9.17, 15) is 31.1 Å². The fourth-order valence-corrected chi connectivity index (χ4v) is 2.70. The molecule has 0 aliphatic carbocycles. The monoisotopic (exact) mass is 417 g/mol. The molecular formula is C18H13F6N3O2. The van der Waals surface area contributed by atoms with Crippen LogP contribution in [0, 0.1) is 0 Å². The summed E-state index contributed by atoms with van der Waals surface area (Å²) in [5.74, 6) is -0.142. The molecule has 1 heterocycles. The van der Waals surface area contributed by atoms with Crippen LogP contribution in [0.15, 0.2) is 53.3 Å². The normalized spacial score (nSPS) is 12.3. The van der Waals surface area contributed by atoms with E-state index in [1.54, 1.807) is 18.2 Å². The number of alkyl halides is 6. The largest absolute Gasteiger partial charge is 0.522 e. The van der Waals surface area contributed by atoms with Crippen molar-refractivity contribution in [3.05, 3.63) is 64.6 Å². The number of halogens is 6. The van der Waals surface area contributed by atoms with Gasteiger partial charge in [0.05, 0.1) is 23.4 Å². The van der Waals surface area contributed by atoms with Crippen molar-refractivity contribution in [3.8, 4) is 5.69 Å².